The minimum absolute atomic E-state index is 0.108. The van der Waals surface area contributed by atoms with E-state index >= 15 is 0 Å². The van der Waals surface area contributed by atoms with Crippen LogP contribution in [-0.2, 0) is 20.9 Å². The van der Waals surface area contributed by atoms with E-state index in [1.54, 1.807) is 0 Å². The SMILES string of the molecule is O=C(Nc1ccc(F)c(C(F)(F)F)c1)c1cc(S(=O)(=O)N[C@H]2CCOC2)c(F)cc1Br. The highest BCUT2D eigenvalue weighted by Gasteiger charge is 2.34. The molecule has 0 radical (unpaired) electrons. The number of alkyl halides is 3. The third kappa shape index (κ3) is 5.40. The quantitative estimate of drug-likeness (QED) is 0.573. The molecule has 1 fully saturated rings. The van der Waals surface area contributed by atoms with Gasteiger partial charge in [0.15, 0.2) is 0 Å². The molecule has 1 amide bonds. The molecule has 0 aromatic heterocycles. The Kier molecular flexibility index (Phi) is 6.69. The highest BCUT2D eigenvalue weighted by atomic mass is 79.9. The molecule has 2 N–H and O–H groups in total. The van der Waals surface area contributed by atoms with Gasteiger partial charge in [0.25, 0.3) is 5.91 Å². The normalized spacial score (nSPS) is 17.0. The number of hydrogen-bond acceptors (Lipinski definition) is 4. The van der Waals surface area contributed by atoms with Crippen molar-refractivity contribution in [1.82, 2.24) is 4.72 Å². The van der Waals surface area contributed by atoms with Gasteiger partial charge >= 0.3 is 6.18 Å². The van der Waals surface area contributed by atoms with E-state index in [1.807, 2.05) is 0 Å². The first-order valence-electron chi connectivity index (χ1n) is 8.65. The zero-order chi connectivity index (χ0) is 23.0. The maximum absolute atomic E-state index is 14.3. The van der Waals surface area contributed by atoms with E-state index in [-0.39, 0.29) is 22.3 Å². The van der Waals surface area contributed by atoms with Gasteiger partial charge in [-0.2, -0.15) is 13.2 Å². The standard InChI is InChI=1S/C18H14BrF5N2O4S/c19-13-7-15(21)16(31(28,29)26-10-3-4-30-8-10)6-11(13)17(27)25-9-1-2-14(20)12(5-9)18(22,23)24/h1-2,5-7,10,26H,3-4,8H2,(H,25,27)/t10-/m0/s1. The Bertz CT molecular complexity index is 1120. The number of carbonyl (C=O) groups excluding carboxylic acids is 1. The van der Waals surface area contributed by atoms with E-state index in [9.17, 15) is 35.2 Å². The summed E-state index contributed by atoms with van der Waals surface area (Å²) in [5.41, 5.74) is -2.34. The number of sulfonamides is 1. The zero-order valence-electron chi connectivity index (χ0n) is 15.4. The number of rotatable bonds is 5. The number of anilines is 1. The molecule has 0 unspecified atom stereocenters. The number of halogens is 6. The lowest BCUT2D eigenvalue weighted by molar-refractivity contribution is -0.139. The topological polar surface area (TPSA) is 84.5 Å². The highest BCUT2D eigenvalue weighted by molar-refractivity contribution is 9.10. The maximum Gasteiger partial charge on any atom is 0.419 e. The Morgan fingerprint density at radius 1 is 1.13 bits per heavy atom. The van der Waals surface area contributed by atoms with Gasteiger partial charge in [0.2, 0.25) is 10.0 Å². The average Bonchev–Trinajstić information content (AvgIpc) is 3.14. The fraction of sp³-hybridized carbons (Fsp3) is 0.278. The molecule has 1 aliphatic rings. The van der Waals surface area contributed by atoms with Crippen molar-refractivity contribution < 1.29 is 39.9 Å². The Labute approximate surface area is 182 Å². The lowest BCUT2D eigenvalue weighted by atomic mass is 10.1. The summed E-state index contributed by atoms with van der Waals surface area (Å²) in [5, 5.41) is 2.12. The molecule has 1 atom stereocenters. The number of benzene rings is 2. The second-order valence-corrected chi connectivity index (χ2v) is 9.13. The van der Waals surface area contributed by atoms with Crippen molar-refractivity contribution in [3.63, 3.8) is 0 Å². The summed E-state index contributed by atoms with van der Waals surface area (Å²) in [7, 11) is -4.36. The fourth-order valence-corrected chi connectivity index (χ4v) is 4.67. The van der Waals surface area contributed by atoms with Crippen LogP contribution in [0.15, 0.2) is 39.7 Å². The Morgan fingerprint density at radius 2 is 1.84 bits per heavy atom. The van der Waals surface area contributed by atoms with Crippen molar-refractivity contribution in [3.05, 3.63) is 57.6 Å². The smallest absolute Gasteiger partial charge is 0.380 e. The Morgan fingerprint density at radius 3 is 2.45 bits per heavy atom. The predicted octanol–water partition coefficient (Wildman–Crippen LogP) is 4.07. The van der Waals surface area contributed by atoms with Gasteiger partial charge in [-0.05, 0) is 52.7 Å². The largest absolute Gasteiger partial charge is 0.419 e. The van der Waals surface area contributed by atoms with Crippen molar-refractivity contribution in [1.29, 1.82) is 0 Å². The molecule has 31 heavy (non-hydrogen) atoms. The number of carbonyl (C=O) groups is 1. The first-order chi connectivity index (χ1) is 14.4. The van der Waals surface area contributed by atoms with Crippen molar-refractivity contribution in [2.24, 2.45) is 0 Å². The van der Waals surface area contributed by atoms with Crippen molar-refractivity contribution >= 4 is 37.5 Å². The number of ether oxygens (including phenoxy) is 1. The number of hydrogen-bond donors (Lipinski definition) is 2. The molecule has 168 valence electrons. The number of amides is 1. The lowest BCUT2D eigenvalue weighted by Gasteiger charge is -2.15. The van der Waals surface area contributed by atoms with Gasteiger partial charge in [0, 0.05) is 22.8 Å². The summed E-state index contributed by atoms with van der Waals surface area (Å²) in [5.74, 6) is -3.70. The summed E-state index contributed by atoms with van der Waals surface area (Å²) in [6.45, 7) is 0.443. The molecular formula is C18H14BrF5N2O4S. The molecule has 2 aromatic carbocycles. The predicted molar refractivity (Wildman–Crippen MR) is 103 cm³/mol. The lowest BCUT2D eigenvalue weighted by Crippen LogP contribution is -2.35. The summed E-state index contributed by atoms with van der Waals surface area (Å²) in [4.78, 5) is 11.7. The molecule has 0 aliphatic carbocycles. The van der Waals surface area contributed by atoms with Crippen LogP contribution in [0.3, 0.4) is 0 Å². The van der Waals surface area contributed by atoms with E-state index < -0.39 is 50.2 Å². The van der Waals surface area contributed by atoms with Crippen LogP contribution in [0, 0.1) is 11.6 Å². The number of nitrogens with one attached hydrogen (secondary N) is 2. The summed E-state index contributed by atoms with van der Waals surface area (Å²) in [6.07, 6.45) is -4.60. The van der Waals surface area contributed by atoms with Crippen LogP contribution < -0.4 is 10.0 Å². The summed E-state index contributed by atoms with van der Waals surface area (Å²) >= 11 is 2.93. The maximum atomic E-state index is 14.3. The first-order valence-corrected chi connectivity index (χ1v) is 10.9. The molecular weight excluding hydrogens is 515 g/mol. The molecule has 6 nitrogen and oxygen atoms in total. The van der Waals surface area contributed by atoms with E-state index in [2.05, 4.69) is 26.0 Å². The Hall–Kier alpha value is -2.09. The second-order valence-electron chi connectivity index (χ2n) is 6.59. The van der Waals surface area contributed by atoms with Crippen LogP contribution in [-0.4, -0.2) is 33.6 Å². The highest BCUT2D eigenvalue weighted by Crippen LogP contribution is 2.33. The van der Waals surface area contributed by atoms with E-state index in [1.165, 1.54) is 0 Å². The Balaban J connectivity index is 1.91. The van der Waals surface area contributed by atoms with Crippen LogP contribution in [0.25, 0.3) is 0 Å². The minimum atomic E-state index is -4.99. The van der Waals surface area contributed by atoms with Crippen molar-refractivity contribution in [3.8, 4) is 0 Å². The monoisotopic (exact) mass is 528 g/mol. The van der Waals surface area contributed by atoms with Gasteiger partial charge in [-0.1, -0.05) is 0 Å². The van der Waals surface area contributed by atoms with Gasteiger partial charge in [-0.25, -0.2) is 21.9 Å². The molecule has 2 aromatic rings. The van der Waals surface area contributed by atoms with E-state index in [0.717, 1.165) is 18.2 Å². The van der Waals surface area contributed by atoms with Gasteiger partial charge in [0.05, 0.1) is 17.7 Å². The van der Waals surface area contributed by atoms with Crippen molar-refractivity contribution in [2.75, 3.05) is 18.5 Å². The second kappa shape index (κ2) is 8.81. The zero-order valence-corrected chi connectivity index (χ0v) is 17.8. The molecule has 1 saturated heterocycles. The van der Waals surface area contributed by atoms with Gasteiger partial charge < -0.3 is 10.1 Å². The van der Waals surface area contributed by atoms with Crippen LogP contribution >= 0.6 is 15.9 Å². The third-order valence-electron chi connectivity index (χ3n) is 4.34. The minimum Gasteiger partial charge on any atom is -0.380 e. The van der Waals surface area contributed by atoms with E-state index in [0.29, 0.717) is 25.2 Å². The van der Waals surface area contributed by atoms with Gasteiger partial charge in [-0.15, -0.1) is 0 Å². The molecule has 0 saturated carbocycles. The average molecular weight is 529 g/mol. The summed E-state index contributed by atoms with van der Waals surface area (Å²) < 4.78 is 98.6. The molecule has 0 spiro atoms. The van der Waals surface area contributed by atoms with E-state index in [4.69, 9.17) is 4.74 Å². The van der Waals surface area contributed by atoms with Crippen molar-refractivity contribution in [2.45, 2.75) is 23.5 Å². The first kappa shape index (κ1) is 23.6. The van der Waals surface area contributed by atoms with Gasteiger partial charge in [0.1, 0.15) is 16.5 Å². The molecule has 13 heteroatoms. The van der Waals surface area contributed by atoms with Gasteiger partial charge in [-0.3, -0.25) is 4.79 Å². The fourth-order valence-electron chi connectivity index (χ4n) is 2.84. The molecule has 0 bridgehead atoms. The van der Waals surface area contributed by atoms with Crippen LogP contribution in [0.1, 0.15) is 22.3 Å². The molecule has 3 rings (SSSR count). The summed E-state index contributed by atoms with van der Waals surface area (Å²) in [6, 6.07) is 2.76. The molecule has 1 heterocycles. The third-order valence-corrected chi connectivity index (χ3v) is 6.53. The molecule has 1 aliphatic heterocycles. The van der Waals surface area contributed by atoms with Crippen LogP contribution in [0.5, 0.6) is 0 Å². The van der Waals surface area contributed by atoms with Crippen LogP contribution in [0.2, 0.25) is 0 Å². The van der Waals surface area contributed by atoms with Crippen LogP contribution in [0.4, 0.5) is 27.6 Å².